The highest BCUT2D eigenvalue weighted by Crippen LogP contribution is 2.18. The van der Waals surface area contributed by atoms with E-state index in [9.17, 15) is 4.79 Å². The number of ether oxygens (including phenoxy) is 1. The number of nitrogens with one attached hydrogen (secondary N) is 1. The van der Waals surface area contributed by atoms with Gasteiger partial charge in [-0.25, -0.2) is 0 Å². The number of rotatable bonds is 5. The minimum Gasteiger partial charge on any atom is -0.497 e. The fourth-order valence-corrected chi connectivity index (χ4v) is 1.57. The van der Waals surface area contributed by atoms with Gasteiger partial charge in [-0.05, 0) is 24.6 Å². The Morgan fingerprint density at radius 2 is 2.31 bits per heavy atom. The third kappa shape index (κ3) is 3.74. The number of carbonyl (C=O) groups excluding carboxylic acids is 1. The monoisotopic (exact) mass is 241 g/mol. The minimum atomic E-state index is -0.0367. The fraction of sp³-hybridized carbons (Fsp3) is 0.417. The molecule has 0 fully saturated rings. The van der Waals surface area contributed by atoms with Gasteiger partial charge in [-0.3, -0.25) is 4.79 Å². The first kappa shape index (κ1) is 12.8. The lowest BCUT2D eigenvalue weighted by molar-refractivity contribution is -0.121. The van der Waals surface area contributed by atoms with E-state index in [1.54, 1.807) is 7.11 Å². The molecule has 0 aliphatic rings. The van der Waals surface area contributed by atoms with Crippen LogP contribution in [0.2, 0.25) is 0 Å². The quantitative estimate of drug-likeness (QED) is 0.805. The molecule has 16 heavy (non-hydrogen) atoms. The van der Waals surface area contributed by atoms with Gasteiger partial charge in [-0.2, -0.15) is 0 Å². The van der Waals surface area contributed by atoms with Crippen molar-refractivity contribution >= 4 is 17.5 Å². The molecule has 1 amide bonds. The fourth-order valence-electron chi connectivity index (χ4n) is 1.39. The lowest BCUT2D eigenvalue weighted by atomic mass is 10.1. The third-order valence-electron chi connectivity index (χ3n) is 2.29. The van der Waals surface area contributed by atoms with Gasteiger partial charge < -0.3 is 10.1 Å². The van der Waals surface area contributed by atoms with Crippen molar-refractivity contribution in [3.63, 3.8) is 0 Å². The molecular formula is C12H16ClNO2. The maximum absolute atomic E-state index is 11.4. The summed E-state index contributed by atoms with van der Waals surface area (Å²) in [6.07, 6.45) is 0.343. The Morgan fingerprint density at radius 1 is 1.56 bits per heavy atom. The van der Waals surface area contributed by atoms with Crippen LogP contribution in [0.4, 0.5) is 0 Å². The molecular weight excluding hydrogens is 226 g/mol. The average molecular weight is 242 g/mol. The first-order valence-corrected chi connectivity index (χ1v) is 5.70. The Labute approximate surface area is 101 Å². The first-order valence-electron chi connectivity index (χ1n) is 5.16. The molecule has 3 nitrogen and oxygen atoms in total. The van der Waals surface area contributed by atoms with Crippen LogP contribution in [-0.2, 0) is 4.79 Å². The van der Waals surface area contributed by atoms with E-state index in [0.717, 1.165) is 11.3 Å². The van der Waals surface area contributed by atoms with Gasteiger partial charge in [-0.1, -0.05) is 12.1 Å². The Bertz CT molecular complexity index is 355. The van der Waals surface area contributed by atoms with Crippen LogP contribution in [0.1, 0.15) is 24.9 Å². The van der Waals surface area contributed by atoms with E-state index in [1.165, 1.54) is 0 Å². The molecule has 4 heteroatoms. The molecule has 0 saturated carbocycles. The van der Waals surface area contributed by atoms with Gasteiger partial charge in [0.15, 0.2) is 0 Å². The molecule has 1 aromatic carbocycles. The number of halogens is 1. The van der Waals surface area contributed by atoms with Crippen LogP contribution in [0.5, 0.6) is 5.75 Å². The van der Waals surface area contributed by atoms with Gasteiger partial charge in [-0.15, -0.1) is 11.6 Å². The van der Waals surface area contributed by atoms with Crippen molar-refractivity contribution in [2.75, 3.05) is 13.0 Å². The van der Waals surface area contributed by atoms with E-state index in [0.29, 0.717) is 12.3 Å². The van der Waals surface area contributed by atoms with Gasteiger partial charge in [0.25, 0.3) is 0 Å². The second kappa shape index (κ2) is 6.38. The Morgan fingerprint density at radius 3 is 2.94 bits per heavy atom. The van der Waals surface area contributed by atoms with Crippen LogP contribution in [0.3, 0.4) is 0 Å². The van der Waals surface area contributed by atoms with Crippen LogP contribution in [0, 0.1) is 0 Å². The van der Waals surface area contributed by atoms with E-state index in [1.807, 2.05) is 31.2 Å². The van der Waals surface area contributed by atoms with Gasteiger partial charge in [0, 0.05) is 12.3 Å². The predicted molar refractivity (Wildman–Crippen MR) is 64.9 cm³/mol. The van der Waals surface area contributed by atoms with Crippen molar-refractivity contribution in [3.8, 4) is 5.75 Å². The predicted octanol–water partition coefficient (Wildman–Crippen LogP) is 2.50. The summed E-state index contributed by atoms with van der Waals surface area (Å²) in [5, 5.41) is 2.87. The molecule has 0 heterocycles. The molecule has 1 N–H and O–H groups in total. The summed E-state index contributed by atoms with van der Waals surface area (Å²) in [6.45, 7) is 1.93. The maximum Gasteiger partial charge on any atom is 0.221 e. The number of carbonyl (C=O) groups is 1. The Balaban J connectivity index is 2.64. The van der Waals surface area contributed by atoms with Crippen molar-refractivity contribution in [1.29, 1.82) is 0 Å². The molecule has 0 spiro atoms. The smallest absolute Gasteiger partial charge is 0.221 e. The van der Waals surface area contributed by atoms with Crippen LogP contribution in [0.15, 0.2) is 24.3 Å². The molecule has 0 aliphatic heterocycles. The zero-order valence-electron chi connectivity index (χ0n) is 9.50. The average Bonchev–Trinajstić information content (AvgIpc) is 2.29. The number of alkyl halides is 1. The SMILES string of the molecule is COc1cccc([C@H](C)NC(=O)CCCl)c1. The lowest BCUT2D eigenvalue weighted by Gasteiger charge is -2.14. The second-order valence-electron chi connectivity index (χ2n) is 3.50. The zero-order valence-corrected chi connectivity index (χ0v) is 10.3. The summed E-state index contributed by atoms with van der Waals surface area (Å²) in [6, 6.07) is 7.60. The summed E-state index contributed by atoms with van der Waals surface area (Å²) in [5.74, 6) is 1.10. The van der Waals surface area contributed by atoms with Crippen LogP contribution >= 0.6 is 11.6 Å². The molecule has 0 radical (unpaired) electrons. The van der Waals surface area contributed by atoms with Crippen LogP contribution < -0.4 is 10.1 Å². The summed E-state index contributed by atoms with van der Waals surface area (Å²) in [7, 11) is 1.62. The molecule has 1 rings (SSSR count). The first-order chi connectivity index (χ1) is 7.67. The third-order valence-corrected chi connectivity index (χ3v) is 2.48. The molecule has 0 unspecified atom stereocenters. The topological polar surface area (TPSA) is 38.3 Å². The van der Waals surface area contributed by atoms with E-state index in [-0.39, 0.29) is 11.9 Å². The minimum absolute atomic E-state index is 0.0363. The summed E-state index contributed by atoms with van der Waals surface area (Å²) in [5.41, 5.74) is 1.02. The number of amides is 1. The highest BCUT2D eigenvalue weighted by molar-refractivity contribution is 6.18. The van der Waals surface area contributed by atoms with Gasteiger partial charge >= 0.3 is 0 Å². The standard InChI is InChI=1S/C12H16ClNO2/c1-9(14-12(15)6-7-13)10-4-3-5-11(8-10)16-2/h3-5,8-9H,6-7H2,1-2H3,(H,14,15)/t9-/m0/s1. The van der Waals surface area contributed by atoms with E-state index in [4.69, 9.17) is 16.3 Å². The number of benzene rings is 1. The molecule has 0 saturated heterocycles. The Hall–Kier alpha value is -1.22. The highest BCUT2D eigenvalue weighted by Gasteiger charge is 2.09. The second-order valence-corrected chi connectivity index (χ2v) is 3.88. The van der Waals surface area contributed by atoms with Gasteiger partial charge in [0.1, 0.15) is 5.75 Å². The molecule has 0 bridgehead atoms. The molecule has 1 aromatic rings. The number of methoxy groups -OCH3 is 1. The lowest BCUT2D eigenvalue weighted by Crippen LogP contribution is -2.26. The van der Waals surface area contributed by atoms with Gasteiger partial charge in [0.05, 0.1) is 13.2 Å². The van der Waals surface area contributed by atoms with E-state index < -0.39 is 0 Å². The van der Waals surface area contributed by atoms with Crippen LogP contribution in [-0.4, -0.2) is 18.9 Å². The van der Waals surface area contributed by atoms with E-state index in [2.05, 4.69) is 5.32 Å². The molecule has 0 aliphatic carbocycles. The summed E-state index contributed by atoms with van der Waals surface area (Å²) >= 11 is 5.49. The maximum atomic E-state index is 11.4. The highest BCUT2D eigenvalue weighted by atomic mass is 35.5. The molecule has 1 atom stereocenters. The zero-order chi connectivity index (χ0) is 12.0. The van der Waals surface area contributed by atoms with E-state index >= 15 is 0 Å². The molecule has 88 valence electrons. The number of hydrogen-bond acceptors (Lipinski definition) is 2. The largest absolute Gasteiger partial charge is 0.497 e. The van der Waals surface area contributed by atoms with Crippen LogP contribution in [0.25, 0.3) is 0 Å². The normalized spacial score (nSPS) is 11.9. The van der Waals surface area contributed by atoms with Crippen molar-refractivity contribution in [1.82, 2.24) is 5.32 Å². The molecule has 0 aromatic heterocycles. The van der Waals surface area contributed by atoms with Crippen molar-refractivity contribution in [3.05, 3.63) is 29.8 Å². The van der Waals surface area contributed by atoms with Gasteiger partial charge in [0.2, 0.25) is 5.91 Å². The number of hydrogen-bond donors (Lipinski definition) is 1. The van der Waals surface area contributed by atoms with Crippen molar-refractivity contribution < 1.29 is 9.53 Å². The van der Waals surface area contributed by atoms with Crippen molar-refractivity contribution in [2.24, 2.45) is 0 Å². The summed E-state index contributed by atoms with van der Waals surface area (Å²) < 4.78 is 5.12. The van der Waals surface area contributed by atoms with Crippen molar-refractivity contribution in [2.45, 2.75) is 19.4 Å². The Kier molecular flexibility index (Phi) is 5.12. The summed E-state index contributed by atoms with van der Waals surface area (Å²) in [4.78, 5) is 11.4.